The van der Waals surface area contributed by atoms with E-state index in [1.807, 2.05) is 0 Å². The van der Waals surface area contributed by atoms with E-state index in [4.69, 9.17) is 22.1 Å². The number of hydrogen-bond acceptors (Lipinski definition) is 6. The van der Waals surface area contributed by atoms with E-state index in [0.29, 0.717) is 16.4 Å². The number of esters is 1. The Morgan fingerprint density at radius 3 is 2.80 bits per heavy atom. The highest BCUT2D eigenvalue weighted by Crippen LogP contribution is 2.25. The normalized spacial score (nSPS) is 10.3. The summed E-state index contributed by atoms with van der Waals surface area (Å²) in [7, 11) is 0. The number of nitrogens with zero attached hydrogens (tertiary/aromatic N) is 3. The molecule has 7 heteroatoms. The molecule has 2 rings (SSSR count). The number of nitrogen functional groups attached to an aromatic ring is 1. The van der Waals surface area contributed by atoms with Crippen molar-refractivity contribution in [3.05, 3.63) is 34.6 Å². The molecule has 0 aliphatic rings. The topological polar surface area (TPSA) is 91.0 Å². The molecule has 0 unspecified atom stereocenters. The minimum atomic E-state index is -0.541. The lowest BCUT2D eigenvalue weighted by Crippen LogP contribution is -2.13. The Bertz CT molecular complexity index is 638. The highest BCUT2D eigenvalue weighted by Gasteiger charge is 2.19. The smallest absolute Gasteiger partial charge is 0.343 e. The number of ether oxygens (including phenoxy) is 1. The second-order valence-corrected chi connectivity index (χ2v) is 4.35. The molecule has 0 fully saturated rings. The Morgan fingerprint density at radius 1 is 1.45 bits per heavy atom. The number of aryl methyl sites for hydroxylation is 1. The minimum absolute atomic E-state index is 0.0488. The van der Waals surface area contributed by atoms with Gasteiger partial charge in [-0.05, 0) is 26.0 Å². The molecule has 2 aromatic heterocycles. The van der Waals surface area contributed by atoms with Gasteiger partial charge in [-0.3, -0.25) is 4.98 Å². The molecule has 2 N–H and O–H groups in total. The van der Waals surface area contributed by atoms with Gasteiger partial charge in [-0.2, -0.15) is 0 Å². The molecule has 0 aliphatic heterocycles. The Hall–Kier alpha value is -2.21. The highest BCUT2D eigenvalue weighted by molar-refractivity contribution is 6.32. The lowest BCUT2D eigenvalue weighted by atomic mass is 10.2. The fourth-order valence-electron chi connectivity index (χ4n) is 1.71. The third-order valence-corrected chi connectivity index (χ3v) is 2.87. The van der Waals surface area contributed by atoms with E-state index in [1.54, 1.807) is 32.2 Å². The van der Waals surface area contributed by atoms with Gasteiger partial charge in [-0.25, -0.2) is 14.8 Å². The first-order valence-corrected chi connectivity index (χ1v) is 6.34. The molecule has 0 spiro atoms. The van der Waals surface area contributed by atoms with Crippen molar-refractivity contribution in [2.45, 2.75) is 13.8 Å². The van der Waals surface area contributed by atoms with Crippen LogP contribution in [0.5, 0.6) is 0 Å². The predicted molar refractivity (Wildman–Crippen MR) is 75.4 cm³/mol. The van der Waals surface area contributed by atoms with Gasteiger partial charge >= 0.3 is 5.97 Å². The Labute approximate surface area is 121 Å². The van der Waals surface area contributed by atoms with Gasteiger partial charge in [0.2, 0.25) is 0 Å². The molecule has 6 nitrogen and oxygen atoms in total. The summed E-state index contributed by atoms with van der Waals surface area (Å²) >= 11 is 6.04. The fourth-order valence-corrected chi connectivity index (χ4v) is 1.91. The van der Waals surface area contributed by atoms with Crippen molar-refractivity contribution in [1.29, 1.82) is 0 Å². The number of nitrogens with two attached hydrogens (primary N) is 1. The van der Waals surface area contributed by atoms with Crippen molar-refractivity contribution < 1.29 is 9.53 Å². The number of anilines is 1. The van der Waals surface area contributed by atoms with Crippen molar-refractivity contribution >= 4 is 23.4 Å². The number of pyridine rings is 1. The van der Waals surface area contributed by atoms with Crippen LogP contribution in [0.1, 0.15) is 23.0 Å². The Morgan fingerprint density at radius 2 is 2.20 bits per heavy atom. The van der Waals surface area contributed by atoms with Crippen molar-refractivity contribution in [2.75, 3.05) is 12.3 Å². The maximum atomic E-state index is 11.8. The number of rotatable bonds is 3. The third kappa shape index (κ3) is 2.70. The van der Waals surface area contributed by atoms with Crippen LogP contribution in [-0.4, -0.2) is 27.5 Å². The van der Waals surface area contributed by atoms with E-state index in [-0.39, 0.29) is 23.8 Å². The first kappa shape index (κ1) is 14.2. The van der Waals surface area contributed by atoms with Crippen LogP contribution < -0.4 is 5.73 Å². The zero-order valence-corrected chi connectivity index (χ0v) is 11.8. The average Bonchev–Trinajstić information content (AvgIpc) is 2.38. The van der Waals surface area contributed by atoms with Gasteiger partial charge < -0.3 is 10.5 Å². The second-order valence-electron chi connectivity index (χ2n) is 3.95. The van der Waals surface area contributed by atoms with Crippen LogP contribution in [-0.2, 0) is 4.74 Å². The van der Waals surface area contributed by atoms with Gasteiger partial charge in [0.15, 0.2) is 5.82 Å². The van der Waals surface area contributed by atoms with Crippen LogP contribution >= 0.6 is 11.6 Å². The van der Waals surface area contributed by atoms with Crippen LogP contribution in [0.15, 0.2) is 18.3 Å². The molecule has 0 atom stereocenters. The summed E-state index contributed by atoms with van der Waals surface area (Å²) in [5, 5.41) is 0.412. The standard InChI is InChI=1S/C13H13ClN4O2/c1-3-20-13(19)9-7(2)17-12(18-11(9)15)10-8(14)5-4-6-16-10/h4-6H,3H2,1-2H3,(H2,15,17,18). The van der Waals surface area contributed by atoms with E-state index in [0.717, 1.165) is 0 Å². The monoisotopic (exact) mass is 292 g/mol. The van der Waals surface area contributed by atoms with Crippen LogP contribution in [0.3, 0.4) is 0 Å². The summed E-state index contributed by atoms with van der Waals surface area (Å²) < 4.78 is 4.92. The molecule has 20 heavy (non-hydrogen) atoms. The lowest BCUT2D eigenvalue weighted by Gasteiger charge is -2.09. The Balaban J connectivity index is 2.51. The number of halogens is 1. The molecule has 0 bridgehead atoms. The quantitative estimate of drug-likeness (QED) is 0.873. The molecular weight excluding hydrogens is 280 g/mol. The lowest BCUT2D eigenvalue weighted by molar-refractivity contribution is 0.0526. The minimum Gasteiger partial charge on any atom is -0.462 e. The van der Waals surface area contributed by atoms with Gasteiger partial charge in [0.25, 0.3) is 0 Å². The van der Waals surface area contributed by atoms with E-state index in [2.05, 4.69) is 15.0 Å². The van der Waals surface area contributed by atoms with E-state index in [1.165, 1.54) is 0 Å². The van der Waals surface area contributed by atoms with Crippen LogP contribution in [0, 0.1) is 6.92 Å². The zero-order chi connectivity index (χ0) is 14.7. The van der Waals surface area contributed by atoms with Gasteiger partial charge in [-0.15, -0.1) is 0 Å². The summed E-state index contributed by atoms with van der Waals surface area (Å²) in [5.41, 5.74) is 6.83. The van der Waals surface area contributed by atoms with Gasteiger partial charge in [0, 0.05) is 6.20 Å². The summed E-state index contributed by atoms with van der Waals surface area (Å²) in [6, 6.07) is 3.38. The van der Waals surface area contributed by atoms with Gasteiger partial charge in [-0.1, -0.05) is 11.6 Å². The second kappa shape index (κ2) is 5.83. The van der Waals surface area contributed by atoms with Gasteiger partial charge in [0.1, 0.15) is 17.1 Å². The van der Waals surface area contributed by atoms with Crippen molar-refractivity contribution in [2.24, 2.45) is 0 Å². The summed E-state index contributed by atoms with van der Waals surface area (Å²) in [6.07, 6.45) is 1.58. The van der Waals surface area contributed by atoms with E-state index >= 15 is 0 Å². The van der Waals surface area contributed by atoms with E-state index < -0.39 is 5.97 Å². The molecule has 104 valence electrons. The zero-order valence-electron chi connectivity index (χ0n) is 11.1. The molecule has 2 aromatic rings. The van der Waals surface area contributed by atoms with E-state index in [9.17, 15) is 4.79 Å². The van der Waals surface area contributed by atoms with Crippen LogP contribution in [0.25, 0.3) is 11.5 Å². The first-order valence-electron chi connectivity index (χ1n) is 5.96. The molecular formula is C13H13ClN4O2. The third-order valence-electron chi connectivity index (χ3n) is 2.57. The fraction of sp³-hybridized carbons (Fsp3) is 0.231. The molecule has 0 radical (unpaired) electrons. The maximum absolute atomic E-state index is 11.8. The largest absolute Gasteiger partial charge is 0.462 e. The predicted octanol–water partition coefficient (Wildman–Crippen LogP) is 2.26. The average molecular weight is 293 g/mol. The van der Waals surface area contributed by atoms with Crippen LogP contribution in [0.4, 0.5) is 5.82 Å². The maximum Gasteiger partial charge on any atom is 0.343 e. The molecule has 0 aromatic carbocycles. The summed E-state index contributed by atoms with van der Waals surface area (Å²) in [4.78, 5) is 24.2. The van der Waals surface area contributed by atoms with Crippen molar-refractivity contribution in [3.8, 4) is 11.5 Å². The number of hydrogen-bond donors (Lipinski definition) is 1. The highest BCUT2D eigenvalue weighted by atomic mass is 35.5. The number of carbonyl (C=O) groups excluding carboxylic acids is 1. The number of carbonyl (C=O) groups is 1. The van der Waals surface area contributed by atoms with Crippen molar-refractivity contribution in [3.63, 3.8) is 0 Å². The Kier molecular flexibility index (Phi) is 4.14. The van der Waals surface area contributed by atoms with Crippen molar-refractivity contribution in [1.82, 2.24) is 15.0 Å². The molecule has 0 saturated heterocycles. The molecule has 0 aliphatic carbocycles. The SMILES string of the molecule is CCOC(=O)c1c(C)nc(-c2ncccc2Cl)nc1N. The van der Waals surface area contributed by atoms with Crippen LogP contribution in [0.2, 0.25) is 5.02 Å². The number of aromatic nitrogens is 3. The van der Waals surface area contributed by atoms with Gasteiger partial charge in [0.05, 0.1) is 17.3 Å². The summed E-state index contributed by atoms with van der Waals surface area (Å²) in [5.74, 6) is -0.215. The summed E-state index contributed by atoms with van der Waals surface area (Å²) in [6.45, 7) is 3.63. The first-order chi connectivity index (χ1) is 9.54. The molecule has 0 amide bonds. The molecule has 2 heterocycles. The molecule has 0 saturated carbocycles.